The fraction of sp³-hybridized carbons (Fsp3) is 0.308. The number of halogens is 1. The molecule has 3 nitrogen and oxygen atoms in total. The van der Waals surface area contributed by atoms with Gasteiger partial charge in [-0.2, -0.15) is 0 Å². The van der Waals surface area contributed by atoms with Crippen molar-refractivity contribution < 1.29 is 4.42 Å². The second-order valence-electron chi connectivity index (χ2n) is 3.85. The highest BCUT2D eigenvalue weighted by Crippen LogP contribution is 2.24. The minimum Gasteiger partial charge on any atom is -0.439 e. The first-order chi connectivity index (χ1) is 8.20. The van der Waals surface area contributed by atoms with E-state index in [-0.39, 0.29) is 6.04 Å². The topological polar surface area (TPSA) is 38.1 Å². The molecule has 1 unspecified atom stereocenters. The molecular weight excluding hydrogens is 236 g/mol. The molecule has 17 heavy (non-hydrogen) atoms. The summed E-state index contributed by atoms with van der Waals surface area (Å²) in [4.78, 5) is 4.27. The summed E-state index contributed by atoms with van der Waals surface area (Å²) in [6.07, 6.45) is 1.74. The Kier molecular flexibility index (Phi) is 3.82. The molecule has 90 valence electrons. The molecule has 0 saturated heterocycles. The Morgan fingerprint density at radius 1 is 1.35 bits per heavy atom. The van der Waals surface area contributed by atoms with Crippen molar-refractivity contribution in [2.24, 2.45) is 0 Å². The van der Waals surface area contributed by atoms with Crippen LogP contribution in [0.3, 0.4) is 0 Å². The molecule has 0 radical (unpaired) electrons. The lowest BCUT2D eigenvalue weighted by Crippen LogP contribution is -2.17. The SMILES string of the molecule is CCNC(C)c1ncc(-c2ccc(Cl)cc2)o1. The zero-order valence-corrected chi connectivity index (χ0v) is 10.7. The molecule has 0 spiro atoms. The summed E-state index contributed by atoms with van der Waals surface area (Å²) in [6.45, 7) is 4.97. The molecule has 0 aliphatic rings. The first-order valence-electron chi connectivity index (χ1n) is 5.65. The number of benzene rings is 1. The Morgan fingerprint density at radius 3 is 2.71 bits per heavy atom. The van der Waals surface area contributed by atoms with E-state index >= 15 is 0 Å². The van der Waals surface area contributed by atoms with Crippen LogP contribution in [0.2, 0.25) is 5.02 Å². The van der Waals surface area contributed by atoms with Crippen LogP contribution in [0.15, 0.2) is 34.9 Å². The van der Waals surface area contributed by atoms with E-state index in [1.807, 2.05) is 31.2 Å². The first kappa shape index (κ1) is 12.1. The smallest absolute Gasteiger partial charge is 0.211 e. The number of nitrogens with zero attached hydrogens (tertiary/aromatic N) is 1. The Labute approximate surface area is 106 Å². The standard InChI is InChI=1S/C13H15ClN2O/c1-3-15-9(2)13-16-8-12(17-13)10-4-6-11(14)7-5-10/h4-9,15H,3H2,1-2H3. The van der Waals surface area contributed by atoms with Crippen LogP contribution < -0.4 is 5.32 Å². The molecule has 0 amide bonds. The van der Waals surface area contributed by atoms with Gasteiger partial charge in [0, 0.05) is 10.6 Å². The van der Waals surface area contributed by atoms with Crippen LogP contribution in [0.4, 0.5) is 0 Å². The third-order valence-corrected chi connectivity index (χ3v) is 2.79. The molecular formula is C13H15ClN2O. The summed E-state index contributed by atoms with van der Waals surface area (Å²) < 4.78 is 5.71. The van der Waals surface area contributed by atoms with E-state index in [9.17, 15) is 0 Å². The molecule has 1 aromatic heterocycles. The average molecular weight is 251 g/mol. The lowest BCUT2D eigenvalue weighted by Gasteiger charge is -2.06. The van der Waals surface area contributed by atoms with E-state index in [0.29, 0.717) is 5.89 Å². The van der Waals surface area contributed by atoms with Gasteiger partial charge in [-0.25, -0.2) is 4.98 Å². The summed E-state index contributed by atoms with van der Waals surface area (Å²) >= 11 is 5.84. The minimum absolute atomic E-state index is 0.126. The van der Waals surface area contributed by atoms with E-state index in [1.165, 1.54) is 0 Å². The summed E-state index contributed by atoms with van der Waals surface area (Å²) in [5.74, 6) is 1.47. The first-order valence-corrected chi connectivity index (χ1v) is 6.03. The van der Waals surface area contributed by atoms with E-state index in [2.05, 4.69) is 17.2 Å². The van der Waals surface area contributed by atoms with Gasteiger partial charge in [0.2, 0.25) is 5.89 Å². The van der Waals surface area contributed by atoms with Gasteiger partial charge in [-0.3, -0.25) is 0 Å². The lowest BCUT2D eigenvalue weighted by atomic mass is 10.2. The normalized spacial score (nSPS) is 12.6. The maximum Gasteiger partial charge on any atom is 0.211 e. The van der Waals surface area contributed by atoms with Crippen molar-refractivity contribution in [2.45, 2.75) is 19.9 Å². The molecule has 2 rings (SSSR count). The van der Waals surface area contributed by atoms with Gasteiger partial charge >= 0.3 is 0 Å². The van der Waals surface area contributed by atoms with Gasteiger partial charge in [0.15, 0.2) is 5.76 Å². The van der Waals surface area contributed by atoms with Crippen LogP contribution in [0, 0.1) is 0 Å². The van der Waals surface area contributed by atoms with Crippen molar-refractivity contribution in [3.05, 3.63) is 41.4 Å². The maximum absolute atomic E-state index is 5.84. The Bertz CT molecular complexity index is 478. The van der Waals surface area contributed by atoms with Gasteiger partial charge in [0.05, 0.1) is 12.2 Å². The van der Waals surface area contributed by atoms with Crippen molar-refractivity contribution in [3.63, 3.8) is 0 Å². The van der Waals surface area contributed by atoms with Crippen molar-refractivity contribution in [2.75, 3.05) is 6.54 Å². The molecule has 0 fully saturated rings. The van der Waals surface area contributed by atoms with Gasteiger partial charge in [-0.1, -0.05) is 18.5 Å². The fourth-order valence-corrected chi connectivity index (χ4v) is 1.75. The van der Waals surface area contributed by atoms with Crippen LogP contribution in [0.5, 0.6) is 0 Å². The van der Waals surface area contributed by atoms with Gasteiger partial charge in [-0.05, 0) is 37.7 Å². The van der Waals surface area contributed by atoms with Gasteiger partial charge in [-0.15, -0.1) is 0 Å². The van der Waals surface area contributed by atoms with Crippen LogP contribution in [-0.4, -0.2) is 11.5 Å². The van der Waals surface area contributed by atoms with Crippen molar-refractivity contribution in [1.82, 2.24) is 10.3 Å². The fourth-order valence-electron chi connectivity index (χ4n) is 1.63. The number of nitrogens with one attached hydrogen (secondary N) is 1. The lowest BCUT2D eigenvalue weighted by molar-refractivity contribution is 0.429. The van der Waals surface area contributed by atoms with E-state index < -0.39 is 0 Å². The van der Waals surface area contributed by atoms with Crippen molar-refractivity contribution >= 4 is 11.6 Å². The van der Waals surface area contributed by atoms with Gasteiger partial charge < -0.3 is 9.73 Å². The number of rotatable bonds is 4. The zero-order valence-electron chi connectivity index (χ0n) is 9.90. The molecule has 4 heteroatoms. The van der Waals surface area contributed by atoms with Crippen molar-refractivity contribution in [3.8, 4) is 11.3 Å². The monoisotopic (exact) mass is 250 g/mol. The summed E-state index contributed by atoms with van der Waals surface area (Å²) in [7, 11) is 0. The highest BCUT2D eigenvalue weighted by Gasteiger charge is 2.11. The number of aromatic nitrogens is 1. The summed E-state index contributed by atoms with van der Waals surface area (Å²) in [5.41, 5.74) is 0.983. The van der Waals surface area contributed by atoms with Crippen LogP contribution in [-0.2, 0) is 0 Å². The van der Waals surface area contributed by atoms with Gasteiger partial charge in [0.1, 0.15) is 0 Å². The number of hydrogen-bond donors (Lipinski definition) is 1. The van der Waals surface area contributed by atoms with Crippen LogP contribution >= 0.6 is 11.6 Å². The molecule has 1 atom stereocenters. The van der Waals surface area contributed by atoms with Gasteiger partial charge in [0.25, 0.3) is 0 Å². The molecule has 0 bridgehead atoms. The highest BCUT2D eigenvalue weighted by molar-refractivity contribution is 6.30. The maximum atomic E-state index is 5.84. The third kappa shape index (κ3) is 2.87. The molecule has 1 heterocycles. The minimum atomic E-state index is 0.126. The second kappa shape index (κ2) is 5.34. The van der Waals surface area contributed by atoms with Crippen LogP contribution in [0.1, 0.15) is 25.8 Å². The summed E-state index contributed by atoms with van der Waals surface area (Å²) in [5, 5.41) is 3.98. The predicted molar refractivity (Wildman–Crippen MR) is 69.0 cm³/mol. The molecule has 0 aliphatic heterocycles. The van der Waals surface area contributed by atoms with E-state index in [1.54, 1.807) is 6.20 Å². The molecule has 1 N–H and O–H groups in total. The third-order valence-electron chi connectivity index (χ3n) is 2.53. The number of hydrogen-bond acceptors (Lipinski definition) is 3. The Morgan fingerprint density at radius 2 is 2.06 bits per heavy atom. The molecule has 1 aromatic carbocycles. The van der Waals surface area contributed by atoms with Crippen LogP contribution in [0.25, 0.3) is 11.3 Å². The zero-order chi connectivity index (χ0) is 12.3. The van der Waals surface area contributed by atoms with E-state index in [4.69, 9.17) is 16.0 Å². The largest absolute Gasteiger partial charge is 0.439 e. The molecule has 0 saturated carbocycles. The summed E-state index contributed by atoms with van der Waals surface area (Å²) in [6, 6.07) is 7.65. The highest BCUT2D eigenvalue weighted by atomic mass is 35.5. The number of oxazole rings is 1. The van der Waals surface area contributed by atoms with Crippen molar-refractivity contribution in [1.29, 1.82) is 0 Å². The second-order valence-corrected chi connectivity index (χ2v) is 4.29. The van der Waals surface area contributed by atoms with E-state index in [0.717, 1.165) is 22.9 Å². The molecule has 0 aliphatic carbocycles. The Hall–Kier alpha value is -1.32. The molecule has 2 aromatic rings. The predicted octanol–water partition coefficient (Wildman–Crippen LogP) is 3.67. The quantitative estimate of drug-likeness (QED) is 0.900. The average Bonchev–Trinajstić information content (AvgIpc) is 2.80. The Balaban J connectivity index is 2.20.